The van der Waals surface area contributed by atoms with Crippen molar-refractivity contribution in [3.63, 3.8) is 0 Å². The normalized spacial score (nSPS) is 39.8. The van der Waals surface area contributed by atoms with Gasteiger partial charge in [0, 0.05) is 20.6 Å². The third kappa shape index (κ3) is 0.916. The predicted molar refractivity (Wildman–Crippen MR) is 39.3 cm³/mol. The lowest BCUT2D eigenvalue weighted by Crippen LogP contribution is -2.43. The first-order valence-electron chi connectivity index (χ1n) is 4.06. The molecule has 11 heavy (non-hydrogen) atoms. The lowest BCUT2D eigenvalue weighted by atomic mass is 9.94. The Morgan fingerprint density at radius 1 is 1.27 bits per heavy atom. The minimum Gasteiger partial charge on any atom is -0.369 e. The van der Waals surface area contributed by atoms with Crippen LogP contribution < -0.4 is 0 Å². The predicted octanol–water partition coefficient (Wildman–Crippen LogP) is 0.927. The minimum absolute atomic E-state index is 0.169. The Hall–Kier alpha value is -0.120. The SMILES string of the molecule is COC1(OC)CC2CCC1O2. The fraction of sp³-hybridized carbons (Fsp3) is 1.00. The van der Waals surface area contributed by atoms with Crippen molar-refractivity contribution in [3.8, 4) is 0 Å². The van der Waals surface area contributed by atoms with E-state index in [1.807, 2.05) is 0 Å². The van der Waals surface area contributed by atoms with Gasteiger partial charge in [0.05, 0.1) is 6.10 Å². The number of rotatable bonds is 2. The van der Waals surface area contributed by atoms with Gasteiger partial charge in [0.1, 0.15) is 6.10 Å². The summed E-state index contributed by atoms with van der Waals surface area (Å²) in [5.41, 5.74) is 0. The summed E-state index contributed by atoms with van der Waals surface area (Å²) in [6, 6.07) is 0. The third-order valence-corrected chi connectivity index (χ3v) is 2.80. The molecule has 0 aromatic heterocycles. The molecule has 0 radical (unpaired) electrons. The van der Waals surface area contributed by atoms with Gasteiger partial charge >= 0.3 is 0 Å². The van der Waals surface area contributed by atoms with E-state index in [4.69, 9.17) is 14.2 Å². The lowest BCUT2D eigenvalue weighted by Gasteiger charge is -2.31. The highest BCUT2D eigenvalue weighted by Gasteiger charge is 2.53. The Morgan fingerprint density at radius 2 is 2.00 bits per heavy atom. The summed E-state index contributed by atoms with van der Waals surface area (Å²) >= 11 is 0. The summed E-state index contributed by atoms with van der Waals surface area (Å²) in [7, 11) is 3.38. The Kier molecular flexibility index (Phi) is 1.67. The molecule has 2 aliphatic rings. The second-order valence-electron chi connectivity index (χ2n) is 3.25. The molecule has 2 unspecified atom stereocenters. The molecule has 2 rings (SSSR count). The highest BCUT2D eigenvalue weighted by molar-refractivity contribution is 4.96. The smallest absolute Gasteiger partial charge is 0.196 e. The minimum atomic E-state index is -0.428. The van der Waals surface area contributed by atoms with E-state index in [1.54, 1.807) is 14.2 Å². The molecule has 0 aromatic carbocycles. The molecule has 3 nitrogen and oxygen atoms in total. The molecule has 2 atom stereocenters. The summed E-state index contributed by atoms with van der Waals surface area (Å²) in [4.78, 5) is 0. The first-order chi connectivity index (χ1) is 5.30. The molecule has 2 aliphatic heterocycles. The van der Waals surface area contributed by atoms with Gasteiger partial charge in [-0.15, -0.1) is 0 Å². The van der Waals surface area contributed by atoms with E-state index in [2.05, 4.69) is 0 Å². The maximum Gasteiger partial charge on any atom is 0.196 e. The molecule has 64 valence electrons. The van der Waals surface area contributed by atoms with Gasteiger partial charge in [0.25, 0.3) is 0 Å². The topological polar surface area (TPSA) is 27.7 Å². The molecule has 2 saturated heterocycles. The zero-order valence-corrected chi connectivity index (χ0v) is 7.00. The van der Waals surface area contributed by atoms with Crippen molar-refractivity contribution in [2.75, 3.05) is 14.2 Å². The van der Waals surface area contributed by atoms with Gasteiger partial charge in [-0.05, 0) is 12.8 Å². The van der Waals surface area contributed by atoms with Crippen LogP contribution in [-0.2, 0) is 14.2 Å². The van der Waals surface area contributed by atoms with Crippen LogP contribution in [0.25, 0.3) is 0 Å². The molecule has 0 saturated carbocycles. The van der Waals surface area contributed by atoms with Crippen LogP contribution in [-0.4, -0.2) is 32.2 Å². The van der Waals surface area contributed by atoms with Gasteiger partial charge in [0.2, 0.25) is 0 Å². The van der Waals surface area contributed by atoms with E-state index in [-0.39, 0.29) is 6.10 Å². The average Bonchev–Trinajstić information content (AvgIpc) is 2.62. The Morgan fingerprint density at radius 3 is 2.27 bits per heavy atom. The zero-order valence-electron chi connectivity index (χ0n) is 7.00. The van der Waals surface area contributed by atoms with Gasteiger partial charge in [0.15, 0.2) is 5.79 Å². The lowest BCUT2D eigenvalue weighted by molar-refractivity contribution is -0.231. The first-order valence-corrected chi connectivity index (χ1v) is 4.06. The van der Waals surface area contributed by atoms with Crippen LogP contribution >= 0.6 is 0 Å². The Balaban J connectivity index is 2.14. The molecule has 2 heterocycles. The van der Waals surface area contributed by atoms with Crippen LogP contribution in [0.2, 0.25) is 0 Å². The molecule has 0 N–H and O–H groups in total. The molecule has 0 aliphatic carbocycles. The van der Waals surface area contributed by atoms with E-state index in [0.29, 0.717) is 6.10 Å². The van der Waals surface area contributed by atoms with Gasteiger partial charge in [-0.3, -0.25) is 0 Å². The maximum atomic E-state index is 5.62. The second-order valence-corrected chi connectivity index (χ2v) is 3.25. The monoisotopic (exact) mass is 158 g/mol. The number of ether oxygens (including phenoxy) is 3. The average molecular weight is 158 g/mol. The van der Waals surface area contributed by atoms with Gasteiger partial charge < -0.3 is 14.2 Å². The van der Waals surface area contributed by atoms with Crippen molar-refractivity contribution in [1.82, 2.24) is 0 Å². The number of hydrogen-bond acceptors (Lipinski definition) is 3. The van der Waals surface area contributed by atoms with E-state index in [1.165, 1.54) is 6.42 Å². The van der Waals surface area contributed by atoms with Crippen molar-refractivity contribution < 1.29 is 14.2 Å². The molecule has 0 aromatic rings. The maximum absolute atomic E-state index is 5.62. The summed E-state index contributed by atoms with van der Waals surface area (Å²) in [6.45, 7) is 0. The number of methoxy groups -OCH3 is 2. The van der Waals surface area contributed by atoms with E-state index in [0.717, 1.165) is 12.8 Å². The van der Waals surface area contributed by atoms with Crippen LogP contribution in [0.15, 0.2) is 0 Å². The van der Waals surface area contributed by atoms with Crippen molar-refractivity contribution in [1.29, 1.82) is 0 Å². The molecule has 3 heteroatoms. The van der Waals surface area contributed by atoms with Crippen LogP contribution in [0.1, 0.15) is 19.3 Å². The van der Waals surface area contributed by atoms with E-state index < -0.39 is 5.79 Å². The largest absolute Gasteiger partial charge is 0.369 e. The van der Waals surface area contributed by atoms with Crippen LogP contribution in [0.5, 0.6) is 0 Å². The standard InChI is InChI=1S/C8H14O3/c1-9-8(10-2)5-6-3-4-7(8)11-6/h6-7H,3-5H2,1-2H3. The summed E-state index contributed by atoms with van der Waals surface area (Å²) in [5.74, 6) is -0.428. The molecule has 0 amide bonds. The summed E-state index contributed by atoms with van der Waals surface area (Å²) in [6.07, 6.45) is 3.68. The van der Waals surface area contributed by atoms with Gasteiger partial charge in [-0.1, -0.05) is 0 Å². The summed E-state index contributed by atoms with van der Waals surface area (Å²) < 4.78 is 16.3. The molecule has 2 fully saturated rings. The van der Waals surface area contributed by atoms with Crippen molar-refractivity contribution in [3.05, 3.63) is 0 Å². The van der Waals surface area contributed by atoms with Crippen LogP contribution in [0.4, 0.5) is 0 Å². The fourth-order valence-corrected chi connectivity index (χ4v) is 2.14. The Labute approximate surface area is 66.6 Å². The van der Waals surface area contributed by atoms with Crippen LogP contribution in [0.3, 0.4) is 0 Å². The van der Waals surface area contributed by atoms with Crippen LogP contribution in [0, 0.1) is 0 Å². The molecule has 0 spiro atoms. The number of fused-ring (bicyclic) bond motifs is 2. The third-order valence-electron chi connectivity index (χ3n) is 2.80. The van der Waals surface area contributed by atoms with E-state index >= 15 is 0 Å². The molecule has 2 bridgehead atoms. The first kappa shape index (κ1) is 7.53. The van der Waals surface area contributed by atoms with E-state index in [9.17, 15) is 0 Å². The zero-order chi connectivity index (χ0) is 7.90. The van der Waals surface area contributed by atoms with Crippen molar-refractivity contribution in [2.24, 2.45) is 0 Å². The second kappa shape index (κ2) is 2.44. The fourth-order valence-electron chi connectivity index (χ4n) is 2.14. The number of hydrogen-bond donors (Lipinski definition) is 0. The summed E-state index contributed by atoms with van der Waals surface area (Å²) in [5, 5.41) is 0. The highest BCUT2D eigenvalue weighted by atomic mass is 16.7. The quantitative estimate of drug-likeness (QED) is 0.559. The van der Waals surface area contributed by atoms with Gasteiger partial charge in [-0.2, -0.15) is 0 Å². The van der Waals surface area contributed by atoms with Crippen molar-refractivity contribution in [2.45, 2.75) is 37.3 Å². The highest BCUT2D eigenvalue weighted by Crippen LogP contribution is 2.43. The van der Waals surface area contributed by atoms with Crippen molar-refractivity contribution >= 4 is 0 Å². The molecular formula is C8H14O3. The Bertz CT molecular complexity index is 153. The molecular weight excluding hydrogens is 144 g/mol. The van der Waals surface area contributed by atoms with Gasteiger partial charge in [-0.25, -0.2) is 0 Å².